The summed E-state index contributed by atoms with van der Waals surface area (Å²) < 4.78 is 7.07. The van der Waals surface area contributed by atoms with Crippen LogP contribution in [0.5, 0.6) is 0 Å². The maximum atomic E-state index is 4.18. The van der Waals surface area contributed by atoms with Crippen molar-refractivity contribution in [3.8, 4) is 0 Å². The molecule has 0 nitrogen and oxygen atoms in total. The molecule has 15 heavy (non-hydrogen) atoms. The van der Waals surface area contributed by atoms with Crippen molar-refractivity contribution < 1.29 is 16.6 Å². The molecule has 0 aliphatic rings. The van der Waals surface area contributed by atoms with Crippen molar-refractivity contribution in [2.75, 3.05) is 0 Å². The molecule has 0 unspecified atom stereocenters. The van der Waals surface area contributed by atoms with Crippen LogP contribution in [0.25, 0.3) is 0 Å². The van der Waals surface area contributed by atoms with Crippen LogP contribution in [-0.2, 0) is 16.6 Å². The molecule has 0 heterocycles. The summed E-state index contributed by atoms with van der Waals surface area (Å²) in [5.41, 5.74) is 0. The van der Waals surface area contributed by atoms with E-state index < -0.39 is 16.6 Å². The molecule has 0 amide bonds. The van der Waals surface area contributed by atoms with Crippen LogP contribution in [0.15, 0.2) is 11.0 Å². The first-order chi connectivity index (χ1) is 7.24. The van der Waals surface area contributed by atoms with Crippen LogP contribution in [0, 0.1) is 0 Å². The van der Waals surface area contributed by atoms with E-state index in [0.29, 0.717) is 0 Å². The van der Waals surface area contributed by atoms with Crippen molar-refractivity contribution in [2.45, 2.75) is 73.5 Å². The van der Waals surface area contributed by atoms with Crippen LogP contribution in [0.4, 0.5) is 0 Å². The Bertz CT molecular complexity index is 130. The Kier molecular flexibility index (Phi) is 9.96. The first kappa shape index (κ1) is 15.5. The van der Waals surface area contributed by atoms with Crippen LogP contribution in [-0.4, -0.2) is 0 Å². The van der Waals surface area contributed by atoms with Gasteiger partial charge in [0, 0.05) is 0 Å². The zero-order chi connectivity index (χ0) is 11.6. The fourth-order valence-corrected chi connectivity index (χ4v) is 9.35. The SMILES string of the molecule is C=[CH][Ti]([CH2]CCC)([CH2]CCC)[CH2]CCC. The summed E-state index contributed by atoms with van der Waals surface area (Å²) in [6, 6.07) is 0. The number of hydrogen-bond donors (Lipinski definition) is 0. The Morgan fingerprint density at radius 3 is 1.33 bits per heavy atom. The molecule has 0 aromatic carbocycles. The van der Waals surface area contributed by atoms with Crippen LogP contribution < -0.4 is 0 Å². The summed E-state index contributed by atoms with van der Waals surface area (Å²) >= 11 is -1.60. The molecule has 1 heteroatoms. The monoisotopic (exact) mass is 246 g/mol. The predicted octanol–water partition coefficient (Wildman–Crippen LogP) is 5.94. The van der Waals surface area contributed by atoms with Gasteiger partial charge in [0.15, 0.2) is 0 Å². The summed E-state index contributed by atoms with van der Waals surface area (Å²) in [5.74, 6) is 0. The zero-order valence-corrected chi connectivity index (χ0v) is 12.7. The van der Waals surface area contributed by atoms with Crippen molar-refractivity contribution in [3.63, 3.8) is 0 Å². The van der Waals surface area contributed by atoms with Crippen LogP contribution >= 0.6 is 0 Å². The van der Waals surface area contributed by atoms with Gasteiger partial charge in [-0.3, -0.25) is 0 Å². The van der Waals surface area contributed by atoms with E-state index in [9.17, 15) is 0 Å². The maximum absolute atomic E-state index is 4.18. The Morgan fingerprint density at radius 2 is 1.13 bits per heavy atom. The first-order valence-corrected chi connectivity index (χ1v) is 11.1. The minimum absolute atomic E-state index is 1.36. The van der Waals surface area contributed by atoms with Gasteiger partial charge in [0.1, 0.15) is 0 Å². The summed E-state index contributed by atoms with van der Waals surface area (Å²) in [4.78, 5) is 0. The summed E-state index contributed by atoms with van der Waals surface area (Å²) in [6.07, 6.45) is 8.41. The van der Waals surface area contributed by atoms with Gasteiger partial charge in [-0.05, 0) is 0 Å². The molecular weight excluding hydrogens is 216 g/mol. The van der Waals surface area contributed by atoms with Crippen LogP contribution in [0.1, 0.15) is 59.3 Å². The molecule has 0 aromatic heterocycles. The van der Waals surface area contributed by atoms with Gasteiger partial charge in [-0.2, -0.15) is 0 Å². The van der Waals surface area contributed by atoms with Gasteiger partial charge >= 0.3 is 101 Å². The number of unbranched alkanes of at least 4 members (excludes halogenated alkanes) is 3. The molecule has 0 aliphatic carbocycles. The third-order valence-electron chi connectivity index (χ3n) is 3.52. The predicted molar refractivity (Wildman–Crippen MR) is 69.3 cm³/mol. The minimum atomic E-state index is -1.60. The quantitative estimate of drug-likeness (QED) is 0.418. The second-order valence-corrected chi connectivity index (χ2v) is 12.1. The zero-order valence-electron chi connectivity index (χ0n) is 11.1. The van der Waals surface area contributed by atoms with Crippen LogP contribution in [0.3, 0.4) is 0 Å². The molecule has 0 N–H and O–H groups in total. The fourth-order valence-electron chi connectivity index (χ4n) is 2.27. The Balaban J connectivity index is 4.23. The van der Waals surface area contributed by atoms with Gasteiger partial charge in [-0.25, -0.2) is 0 Å². The van der Waals surface area contributed by atoms with Crippen molar-refractivity contribution >= 4 is 0 Å². The standard InChI is InChI=1S/3C4H9.C2H3.Ti/c3*1-3-4-2;1-2;/h3*1,3-4H2,2H3;1H,2H2;. The molecule has 90 valence electrons. The average molecular weight is 246 g/mol. The van der Waals surface area contributed by atoms with E-state index >= 15 is 0 Å². The van der Waals surface area contributed by atoms with Gasteiger partial charge in [0.25, 0.3) is 0 Å². The van der Waals surface area contributed by atoms with E-state index in [1.807, 2.05) is 0 Å². The van der Waals surface area contributed by atoms with Gasteiger partial charge < -0.3 is 0 Å². The fraction of sp³-hybridized carbons (Fsp3) is 0.857. The van der Waals surface area contributed by atoms with Gasteiger partial charge in [-0.15, -0.1) is 0 Å². The Hall–Kier alpha value is 0.454. The molecule has 0 aromatic rings. The van der Waals surface area contributed by atoms with E-state index in [4.69, 9.17) is 0 Å². The van der Waals surface area contributed by atoms with E-state index in [-0.39, 0.29) is 0 Å². The third kappa shape index (κ3) is 6.58. The Labute approximate surface area is 101 Å². The second kappa shape index (κ2) is 9.66. The van der Waals surface area contributed by atoms with Crippen molar-refractivity contribution in [2.24, 2.45) is 0 Å². The average Bonchev–Trinajstić information content (AvgIpc) is 2.29. The van der Waals surface area contributed by atoms with E-state index in [0.717, 1.165) is 0 Å². The molecule has 0 radical (unpaired) electrons. The van der Waals surface area contributed by atoms with Crippen molar-refractivity contribution in [3.05, 3.63) is 11.0 Å². The number of rotatable bonds is 10. The van der Waals surface area contributed by atoms with E-state index in [2.05, 4.69) is 31.7 Å². The summed E-state index contributed by atoms with van der Waals surface area (Å²) in [7, 11) is 0. The topological polar surface area (TPSA) is 0 Å². The molecular formula is C14H30Ti. The van der Waals surface area contributed by atoms with Crippen LogP contribution in [0.2, 0.25) is 14.2 Å². The molecule has 0 fully saturated rings. The van der Waals surface area contributed by atoms with Gasteiger partial charge in [0.05, 0.1) is 0 Å². The molecule has 0 saturated heterocycles. The normalized spacial score (nSPS) is 11.7. The molecule has 0 atom stereocenters. The van der Waals surface area contributed by atoms with E-state index in [1.165, 1.54) is 38.5 Å². The van der Waals surface area contributed by atoms with Gasteiger partial charge in [0.2, 0.25) is 0 Å². The molecule has 0 bridgehead atoms. The second-order valence-electron chi connectivity index (χ2n) is 4.88. The summed E-state index contributed by atoms with van der Waals surface area (Å²) in [6.45, 7) is 11.1. The Morgan fingerprint density at radius 1 is 0.800 bits per heavy atom. The van der Waals surface area contributed by atoms with Crippen molar-refractivity contribution in [1.82, 2.24) is 0 Å². The number of hydrogen-bond acceptors (Lipinski definition) is 0. The van der Waals surface area contributed by atoms with Gasteiger partial charge in [-0.1, -0.05) is 0 Å². The van der Waals surface area contributed by atoms with E-state index in [1.54, 1.807) is 14.2 Å². The van der Waals surface area contributed by atoms with Crippen molar-refractivity contribution in [1.29, 1.82) is 0 Å². The molecule has 0 rings (SSSR count). The molecule has 0 aliphatic heterocycles. The molecule has 0 saturated carbocycles. The summed E-state index contributed by atoms with van der Waals surface area (Å²) in [5, 5.41) is 0. The molecule has 0 spiro atoms. The first-order valence-electron chi connectivity index (χ1n) is 6.88. The third-order valence-corrected chi connectivity index (χ3v) is 11.2.